The summed E-state index contributed by atoms with van der Waals surface area (Å²) in [5.41, 5.74) is 0.401. The predicted molar refractivity (Wildman–Crippen MR) is 73.3 cm³/mol. The molecule has 0 saturated carbocycles. The van der Waals surface area contributed by atoms with Crippen LogP contribution < -0.4 is 14.8 Å². The van der Waals surface area contributed by atoms with Crippen molar-refractivity contribution < 1.29 is 24.2 Å². The SMILES string of the molecule is C=CCNC(=O)c1ccc(OCC(=O)O)c(OCC)c1. The molecule has 0 radical (unpaired) electrons. The van der Waals surface area contributed by atoms with Crippen LogP contribution in [0.25, 0.3) is 0 Å². The van der Waals surface area contributed by atoms with E-state index in [1.807, 2.05) is 0 Å². The minimum absolute atomic E-state index is 0.268. The summed E-state index contributed by atoms with van der Waals surface area (Å²) >= 11 is 0. The van der Waals surface area contributed by atoms with E-state index in [9.17, 15) is 9.59 Å². The molecule has 0 atom stereocenters. The number of amides is 1. The van der Waals surface area contributed by atoms with Crippen LogP contribution >= 0.6 is 0 Å². The molecule has 0 saturated heterocycles. The number of hydrogen-bond donors (Lipinski definition) is 2. The van der Waals surface area contributed by atoms with Crippen LogP contribution in [0.4, 0.5) is 0 Å². The fraction of sp³-hybridized carbons (Fsp3) is 0.286. The number of hydrogen-bond acceptors (Lipinski definition) is 4. The minimum atomic E-state index is -1.08. The van der Waals surface area contributed by atoms with E-state index in [2.05, 4.69) is 11.9 Å². The average molecular weight is 279 g/mol. The number of carboxylic acids is 1. The Morgan fingerprint density at radius 2 is 2.10 bits per heavy atom. The summed E-state index contributed by atoms with van der Waals surface area (Å²) in [6, 6.07) is 4.56. The zero-order valence-corrected chi connectivity index (χ0v) is 11.2. The van der Waals surface area contributed by atoms with E-state index in [1.165, 1.54) is 18.2 Å². The molecule has 0 aliphatic heterocycles. The van der Waals surface area contributed by atoms with Gasteiger partial charge in [0.1, 0.15) is 0 Å². The molecule has 2 N–H and O–H groups in total. The van der Waals surface area contributed by atoms with Crippen molar-refractivity contribution in [3.63, 3.8) is 0 Å². The minimum Gasteiger partial charge on any atom is -0.490 e. The highest BCUT2D eigenvalue weighted by molar-refractivity contribution is 5.95. The number of ether oxygens (including phenoxy) is 2. The van der Waals surface area contributed by atoms with Crippen LogP contribution in [-0.2, 0) is 4.79 Å². The molecule has 0 fully saturated rings. The van der Waals surface area contributed by atoms with Crippen molar-refractivity contribution in [3.05, 3.63) is 36.4 Å². The predicted octanol–water partition coefficient (Wildman–Crippen LogP) is 1.46. The number of rotatable bonds is 8. The van der Waals surface area contributed by atoms with Crippen molar-refractivity contribution >= 4 is 11.9 Å². The van der Waals surface area contributed by atoms with E-state index < -0.39 is 12.6 Å². The first-order valence-corrected chi connectivity index (χ1v) is 6.09. The highest BCUT2D eigenvalue weighted by Gasteiger charge is 2.12. The fourth-order valence-corrected chi connectivity index (χ4v) is 1.44. The Kier molecular flexibility index (Phi) is 6.09. The van der Waals surface area contributed by atoms with Gasteiger partial charge in [-0.15, -0.1) is 6.58 Å². The molecule has 1 aromatic rings. The van der Waals surface area contributed by atoms with Gasteiger partial charge in [-0.3, -0.25) is 4.79 Å². The number of aliphatic carboxylic acids is 1. The summed E-state index contributed by atoms with van der Waals surface area (Å²) in [7, 11) is 0. The standard InChI is InChI=1S/C14H17NO5/c1-3-7-15-14(18)10-5-6-11(20-9-13(16)17)12(8-10)19-4-2/h3,5-6,8H,1,4,7,9H2,2H3,(H,15,18)(H,16,17). The molecule has 0 aliphatic rings. The maximum absolute atomic E-state index is 11.8. The van der Waals surface area contributed by atoms with Gasteiger partial charge < -0.3 is 19.9 Å². The molecule has 108 valence electrons. The van der Waals surface area contributed by atoms with Crippen LogP contribution in [0.3, 0.4) is 0 Å². The molecule has 1 rings (SSSR count). The largest absolute Gasteiger partial charge is 0.490 e. The lowest BCUT2D eigenvalue weighted by Gasteiger charge is -2.12. The Hall–Kier alpha value is -2.50. The first-order chi connectivity index (χ1) is 9.58. The highest BCUT2D eigenvalue weighted by Crippen LogP contribution is 2.28. The van der Waals surface area contributed by atoms with Crippen molar-refractivity contribution in [1.82, 2.24) is 5.32 Å². The molecule has 6 nitrogen and oxygen atoms in total. The first kappa shape index (κ1) is 15.6. The molecule has 0 bridgehead atoms. The Morgan fingerprint density at radius 1 is 1.35 bits per heavy atom. The number of benzene rings is 1. The van der Waals surface area contributed by atoms with Gasteiger partial charge in [-0.05, 0) is 25.1 Å². The molecule has 1 aromatic carbocycles. The second-order valence-corrected chi connectivity index (χ2v) is 3.78. The van der Waals surface area contributed by atoms with Gasteiger partial charge in [-0.1, -0.05) is 6.08 Å². The molecule has 1 amide bonds. The van der Waals surface area contributed by atoms with Crippen LogP contribution in [0.5, 0.6) is 11.5 Å². The van der Waals surface area contributed by atoms with Gasteiger partial charge in [0.2, 0.25) is 0 Å². The van der Waals surface area contributed by atoms with Crippen LogP contribution in [0.15, 0.2) is 30.9 Å². The Morgan fingerprint density at radius 3 is 2.70 bits per heavy atom. The summed E-state index contributed by atoms with van der Waals surface area (Å²) in [4.78, 5) is 22.3. The van der Waals surface area contributed by atoms with E-state index in [0.29, 0.717) is 24.5 Å². The topological polar surface area (TPSA) is 84.9 Å². The summed E-state index contributed by atoms with van der Waals surface area (Å²) in [5.74, 6) is -0.731. The maximum atomic E-state index is 11.8. The third-order valence-electron chi connectivity index (χ3n) is 2.26. The van der Waals surface area contributed by atoms with Crippen molar-refractivity contribution in [2.24, 2.45) is 0 Å². The second-order valence-electron chi connectivity index (χ2n) is 3.78. The highest BCUT2D eigenvalue weighted by atomic mass is 16.5. The molecular weight excluding hydrogens is 262 g/mol. The molecule has 0 aliphatic carbocycles. The lowest BCUT2D eigenvalue weighted by Crippen LogP contribution is -2.23. The third-order valence-corrected chi connectivity index (χ3v) is 2.26. The molecular formula is C14H17NO5. The molecule has 0 heterocycles. The van der Waals surface area contributed by atoms with E-state index >= 15 is 0 Å². The monoisotopic (exact) mass is 279 g/mol. The van der Waals surface area contributed by atoms with Gasteiger partial charge in [0.25, 0.3) is 5.91 Å². The Labute approximate surface area is 117 Å². The first-order valence-electron chi connectivity index (χ1n) is 6.09. The Bertz CT molecular complexity index is 498. The van der Waals surface area contributed by atoms with Crippen LogP contribution in [0.2, 0.25) is 0 Å². The van der Waals surface area contributed by atoms with Crippen LogP contribution in [0.1, 0.15) is 17.3 Å². The quantitative estimate of drug-likeness (QED) is 0.704. The molecule has 0 unspecified atom stereocenters. The number of nitrogens with one attached hydrogen (secondary N) is 1. The summed E-state index contributed by atoms with van der Waals surface area (Å²) in [6.07, 6.45) is 1.58. The summed E-state index contributed by atoms with van der Waals surface area (Å²) in [5, 5.41) is 11.2. The summed E-state index contributed by atoms with van der Waals surface area (Å²) in [6.45, 7) is 5.56. The van der Waals surface area contributed by atoms with Crippen LogP contribution in [0, 0.1) is 0 Å². The van der Waals surface area contributed by atoms with Crippen molar-refractivity contribution in [1.29, 1.82) is 0 Å². The lowest BCUT2D eigenvalue weighted by molar-refractivity contribution is -0.139. The van der Waals surface area contributed by atoms with Crippen molar-refractivity contribution in [2.45, 2.75) is 6.92 Å². The van der Waals surface area contributed by atoms with Crippen molar-refractivity contribution in [2.75, 3.05) is 19.8 Å². The van der Waals surface area contributed by atoms with Crippen LogP contribution in [-0.4, -0.2) is 36.7 Å². The molecule has 20 heavy (non-hydrogen) atoms. The number of carboxylic acid groups (broad SMARTS) is 1. The van der Waals surface area contributed by atoms with E-state index in [-0.39, 0.29) is 11.7 Å². The average Bonchev–Trinajstić information content (AvgIpc) is 2.43. The second kappa shape index (κ2) is 7.83. The number of carbonyl (C=O) groups excluding carboxylic acids is 1. The smallest absolute Gasteiger partial charge is 0.341 e. The lowest BCUT2D eigenvalue weighted by atomic mass is 10.2. The van der Waals surface area contributed by atoms with Gasteiger partial charge in [0.15, 0.2) is 18.1 Å². The van der Waals surface area contributed by atoms with Gasteiger partial charge in [0, 0.05) is 12.1 Å². The zero-order valence-electron chi connectivity index (χ0n) is 11.2. The number of carbonyl (C=O) groups is 2. The fourth-order valence-electron chi connectivity index (χ4n) is 1.44. The van der Waals surface area contributed by atoms with Gasteiger partial charge in [-0.2, -0.15) is 0 Å². The van der Waals surface area contributed by atoms with Gasteiger partial charge >= 0.3 is 5.97 Å². The van der Waals surface area contributed by atoms with E-state index in [4.69, 9.17) is 14.6 Å². The summed E-state index contributed by atoms with van der Waals surface area (Å²) < 4.78 is 10.4. The molecule has 0 aromatic heterocycles. The molecule has 0 spiro atoms. The zero-order chi connectivity index (χ0) is 15.0. The van der Waals surface area contributed by atoms with E-state index in [0.717, 1.165) is 0 Å². The van der Waals surface area contributed by atoms with E-state index in [1.54, 1.807) is 13.0 Å². The van der Waals surface area contributed by atoms with Gasteiger partial charge in [-0.25, -0.2) is 4.79 Å². The molecule has 6 heteroatoms. The Balaban J connectivity index is 2.90. The normalized spacial score (nSPS) is 9.65. The maximum Gasteiger partial charge on any atom is 0.341 e. The van der Waals surface area contributed by atoms with Crippen molar-refractivity contribution in [3.8, 4) is 11.5 Å². The third kappa shape index (κ3) is 4.64. The van der Waals surface area contributed by atoms with Gasteiger partial charge in [0.05, 0.1) is 6.61 Å².